The van der Waals surface area contributed by atoms with Gasteiger partial charge in [0.2, 0.25) is 5.91 Å². The summed E-state index contributed by atoms with van der Waals surface area (Å²) >= 11 is 0. The van der Waals surface area contributed by atoms with Gasteiger partial charge in [0.25, 0.3) is 0 Å². The maximum absolute atomic E-state index is 12.2. The summed E-state index contributed by atoms with van der Waals surface area (Å²) in [6.45, 7) is 2.61. The average molecular weight is 321 g/mol. The maximum atomic E-state index is 12.2. The summed E-state index contributed by atoms with van der Waals surface area (Å²) in [5.41, 5.74) is 4.60. The topological polar surface area (TPSA) is 38.3 Å². The van der Waals surface area contributed by atoms with Crippen LogP contribution in [0.2, 0.25) is 0 Å². The Morgan fingerprint density at radius 3 is 2.71 bits per heavy atom. The van der Waals surface area contributed by atoms with Gasteiger partial charge in [-0.15, -0.1) is 0 Å². The van der Waals surface area contributed by atoms with Gasteiger partial charge in [-0.25, -0.2) is 0 Å². The highest BCUT2D eigenvalue weighted by molar-refractivity contribution is 6.02. The molecule has 2 aromatic carbocycles. The van der Waals surface area contributed by atoms with Crippen LogP contribution in [0.5, 0.6) is 5.75 Å². The summed E-state index contributed by atoms with van der Waals surface area (Å²) < 4.78 is 5.41. The monoisotopic (exact) mass is 321 g/mol. The van der Waals surface area contributed by atoms with Gasteiger partial charge in [0, 0.05) is 11.8 Å². The molecule has 24 heavy (non-hydrogen) atoms. The van der Waals surface area contributed by atoms with Crippen LogP contribution in [0.3, 0.4) is 0 Å². The molecule has 3 heteroatoms. The van der Waals surface area contributed by atoms with Crippen LogP contribution < -0.4 is 10.1 Å². The van der Waals surface area contributed by atoms with Crippen molar-refractivity contribution in [2.45, 2.75) is 32.6 Å². The van der Waals surface area contributed by atoms with Crippen LogP contribution in [-0.4, -0.2) is 12.5 Å². The van der Waals surface area contributed by atoms with E-state index in [0.29, 0.717) is 6.61 Å². The van der Waals surface area contributed by atoms with Crippen molar-refractivity contribution in [3.05, 3.63) is 65.2 Å². The fraction of sp³-hybridized carbons (Fsp3) is 0.286. The van der Waals surface area contributed by atoms with Gasteiger partial charge in [0.05, 0.1) is 6.61 Å². The summed E-state index contributed by atoms with van der Waals surface area (Å²) in [7, 11) is 0. The molecule has 0 radical (unpaired) electrons. The third kappa shape index (κ3) is 4.05. The molecule has 0 fully saturated rings. The summed E-state index contributed by atoms with van der Waals surface area (Å²) in [6.07, 6.45) is 8.00. The first-order valence-electron chi connectivity index (χ1n) is 8.59. The first-order valence-corrected chi connectivity index (χ1v) is 8.59. The Hall–Kier alpha value is -2.55. The highest BCUT2D eigenvalue weighted by Gasteiger charge is 2.13. The summed E-state index contributed by atoms with van der Waals surface area (Å²) in [4.78, 5) is 12.2. The molecule has 3 rings (SSSR count). The summed E-state index contributed by atoms with van der Waals surface area (Å²) in [5, 5.41) is 3.02. The molecule has 0 heterocycles. The van der Waals surface area contributed by atoms with Crippen LogP contribution in [-0.2, 0) is 17.6 Å². The second-order valence-electron chi connectivity index (χ2n) is 5.97. The van der Waals surface area contributed by atoms with E-state index in [1.54, 1.807) is 6.08 Å². The number of rotatable bonds is 5. The number of aryl methyl sites for hydroxylation is 1. The van der Waals surface area contributed by atoms with Crippen molar-refractivity contribution < 1.29 is 9.53 Å². The van der Waals surface area contributed by atoms with Crippen LogP contribution in [0, 0.1) is 0 Å². The van der Waals surface area contributed by atoms with Gasteiger partial charge in [-0.3, -0.25) is 4.79 Å². The Kier molecular flexibility index (Phi) is 5.32. The largest absolute Gasteiger partial charge is 0.494 e. The normalized spacial score (nSPS) is 13.5. The SMILES string of the molecule is CCOc1ccc(/C=C/C(=O)Nc2cccc3c2CCCC3)cc1. The number of nitrogens with one attached hydrogen (secondary N) is 1. The lowest BCUT2D eigenvalue weighted by Gasteiger charge is -2.19. The van der Waals surface area contributed by atoms with Gasteiger partial charge < -0.3 is 10.1 Å². The first kappa shape index (κ1) is 16.3. The van der Waals surface area contributed by atoms with Gasteiger partial charge >= 0.3 is 0 Å². The van der Waals surface area contributed by atoms with E-state index < -0.39 is 0 Å². The molecule has 0 spiro atoms. The summed E-state index contributed by atoms with van der Waals surface area (Å²) in [5.74, 6) is 0.748. The van der Waals surface area contributed by atoms with E-state index >= 15 is 0 Å². The average Bonchev–Trinajstić information content (AvgIpc) is 2.62. The molecule has 0 saturated heterocycles. The number of hydrogen-bond donors (Lipinski definition) is 1. The van der Waals surface area contributed by atoms with Crippen LogP contribution in [0.4, 0.5) is 5.69 Å². The van der Waals surface area contributed by atoms with E-state index in [0.717, 1.165) is 29.8 Å². The van der Waals surface area contributed by atoms with Crippen molar-refractivity contribution in [1.29, 1.82) is 0 Å². The van der Waals surface area contributed by atoms with Gasteiger partial charge in [-0.1, -0.05) is 24.3 Å². The third-order valence-electron chi connectivity index (χ3n) is 4.27. The van der Waals surface area contributed by atoms with Crippen molar-refractivity contribution >= 4 is 17.7 Å². The van der Waals surface area contributed by atoms with E-state index in [1.807, 2.05) is 49.4 Å². The number of fused-ring (bicyclic) bond motifs is 1. The molecule has 1 amide bonds. The van der Waals surface area contributed by atoms with Gasteiger partial charge in [0.1, 0.15) is 5.75 Å². The van der Waals surface area contributed by atoms with E-state index in [2.05, 4.69) is 11.4 Å². The van der Waals surface area contributed by atoms with E-state index in [9.17, 15) is 4.79 Å². The predicted molar refractivity (Wildman–Crippen MR) is 98.4 cm³/mol. The highest BCUT2D eigenvalue weighted by atomic mass is 16.5. The molecule has 1 N–H and O–H groups in total. The molecule has 124 valence electrons. The minimum atomic E-state index is -0.0946. The molecule has 0 atom stereocenters. The highest BCUT2D eigenvalue weighted by Crippen LogP contribution is 2.27. The molecule has 0 bridgehead atoms. The van der Waals surface area contributed by atoms with Crippen LogP contribution in [0.25, 0.3) is 6.08 Å². The molecular weight excluding hydrogens is 298 g/mol. The molecule has 0 unspecified atom stereocenters. The van der Waals surface area contributed by atoms with Gasteiger partial charge in [-0.05, 0) is 73.6 Å². The van der Waals surface area contributed by atoms with Crippen LogP contribution >= 0.6 is 0 Å². The zero-order valence-corrected chi connectivity index (χ0v) is 14.0. The quantitative estimate of drug-likeness (QED) is 0.816. The lowest BCUT2D eigenvalue weighted by atomic mass is 9.90. The van der Waals surface area contributed by atoms with Crippen molar-refractivity contribution in [2.75, 3.05) is 11.9 Å². The van der Waals surface area contributed by atoms with Crippen molar-refractivity contribution in [3.63, 3.8) is 0 Å². The lowest BCUT2D eigenvalue weighted by molar-refractivity contribution is -0.111. The number of carbonyl (C=O) groups excluding carboxylic acids is 1. The Morgan fingerprint density at radius 2 is 1.92 bits per heavy atom. The van der Waals surface area contributed by atoms with Gasteiger partial charge in [0.15, 0.2) is 0 Å². The number of carbonyl (C=O) groups is 1. The Labute approximate surface area is 143 Å². The molecule has 1 aliphatic carbocycles. The molecule has 0 saturated carbocycles. The second kappa shape index (κ2) is 7.82. The molecule has 2 aromatic rings. The fourth-order valence-electron chi connectivity index (χ4n) is 3.09. The molecule has 0 aliphatic heterocycles. The smallest absolute Gasteiger partial charge is 0.248 e. The van der Waals surface area contributed by atoms with Crippen LogP contribution in [0.1, 0.15) is 36.5 Å². The van der Waals surface area contributed by atoms with E-state index in [1.165, 1.54) is 24.0 Å². The number of benzene rings is 2. The third-order valence-corrected chi connectivity index (χ3v) is 4.27. The maximum Gasteiger partial charge on any atom is 0.248 e. The van der Waals surface area contributed by atoms with Crippen LogP contribution in [0.15, 0.2) is 48.5 Å². The zero-order chi connectivity index (χ0) is 16.8. The number of anilines is 1. The standard InChI is InChI=1S/C21H23NO2/c1-2-24-18-13-10-16(11-14-18)12-15-21(23)22-20-9-5-7-17-6-3-4-8-19(17)20/h5,7,9-15H,2-4,6,8H2,1H3,(H,22,23)/b15-12+. The Balaban J connectivity index is 1.65. The molecular formula is C21H23NO2. The molecule has 3 nitrogen and oxygen atoms in total. The fourth-order valence-corrected chi connectivity index (χ4v) is 3.09. The number of ether oxygens (including phenoxy) is 1. The lowest BCUT2D eigenvalue weighted by Crippen LogP contribution is -2.12. The minimum absolute atomic E-state index is 0.0946. The van der Waals surface area contributed by atoms with Crippen molar-refractivity contribution in [2.24, 2.45) is 0 Å². The number of hydrogen-bond acceptors (Lipinski definition) is 2. The van der Waals surface area contributed by atoms with Crippen molar-refractivity contribution in [1.82, 2.24) is 0 Å². The Bertz CT molecular complexity index is 732. The zero-order valence-electron chi connectivity index (χ0n) is 14.0. The molecule has 1 aliphatic rings. The first-order chi connectivity index (χ1) is 11.8. The summed E-state index contributed by atoms with van der Waals surface area (Å²) in [6, 6.07) is 13.9. The molecule has 0 aromatic heterocycles. The van der Waals surface area contributed by atoms with Gasteiger partial charge in [-0.2, -0.15) is 0 Å². The second-order valence-corrected chi connectivity index (χ2v) is 5.97. The predicted octanol–water partition coefficient (Wildman–Crippen LogP) is 4.62. The Morgan fingerprint density at radius 1 is 1.12 bits per heavy atom. The van der Waals surface area contributed by atoms with E-state index in [4.69, 9.17) is 4.74 Å². The van der Waals surface area contributed by atoms with E-state index in [-0.39, 0.29) is 5.91 Å². The van der Waals surface area contributed by atoms with Crippen molar-refractivity contribution in [3.8, 4) is 5.75 Å². The number of amides is 1. The minimum Gasteiger partial charge on any atom is -0.494 e.